The van der Waals surface area contributed by atoms with E-state index in [1.54, 1.807) is 6.07 Å². The summed E-state index contributed by atoms with van der Waals surface area (Å²) in [6.07, 6.45) is 6.05. The molecule has 7 heteroatoms. The molecule has 1 aliphatic heterocycles. The van der Waals surface area contributed by atoms with Crippen LogP contribution in [0.2, 0.25) is 0 Å². The molecule has 7 nitrogen and oxygen atoms in total. The standard InChI is InChI=1S/C26H34O7/c1-23-9-6-15(27)12-25(23,30)11-8-17-16(23)7-10-24(2)20(14-4-5-18(28)32-13-14)19(22(29)31-3)21-26(17,24)33-21/h4-5,13,15-17,19-21,27,30H,6-12H2,1-3H3. The summed E-state index contributed by atoms with van der Waals surface area (Å²) in [6.45, 7) is 4.44. The van der Waals surface area contributed by atoms with E-state index in [0.29, 0.717) is 19.3 Å². The number of ether oxygens (including phenoxy) is 2. The Hall–Kier alpha value is -1.70. The van der Waals surface area contributed by atoms with Crippen LogP contribution in [0.25, 0.3) is 0 Å². The van der Waals surface area contributed by atoms with Gasteiger partial charge in [-0.05, 0) is 67.4 Å². The molecule has 0 radical (unpaired) electrons. The van der Waals surface area contributed by atoms with Crippen molar-refractivity contribution in [2.45, 2.75) is 88.1 Å². The van der Waals surface area contributed by atoms with Crippen LogP contribution in [-0.2, 0) is 14.3 Å². The van der Waals surface area contributed by atoms with Gasteiger partial charge < -0.3 is 24.1 Å². The SMILES string of the molecule is COC(=O)C1C(c2ccc(=O)oc2)C2(C)CCC3C(CCC4(O)CC(O)CCC34C)C23OC13. The Balaban J connectivity index is 1.44. The third kappa shape index (κ3) is 2.51. The smallest absolute Gasteiger partial charge is 0.335 e. The maximum Gasteiger partial charge on any atom is 0.335 e. The van der Waals surface area contributed by atoms with Crippen molar-refractivity contribution in [2.75, 3.05) is 7.11 Å². The number of esters is 1. The van der Waals surface area contributed by atoms with Crippen molar-refractivity contribution >= 4 is 5.97 Å². The summed E-state index contributed by atoms with van der Waals surface area (Å²) in [5.41, 5.74) is -1.45. The van der Waals surface area contributed by atoms with Crippen LogP contribution in [0.1, 0.15) is 70.3 Å². The molecule has 5 fully saturated rings. The maximum atomic E-state index is 13.1. The molecular formula is C26H34O7. The maximum absolute atomic E-state index is 13.1. The minimum Gasteiger partial charge on any atom is -0.469 e. The molecule has 1 saturated heterocycles. The quantitative estimate of drug-likeness (QED) is 0.518. The van der Waals surface area contributed by atoms with Gasteiger partial charge in [-0.1, -0.05) is 13.8 Å². The first kappa shape index (κ1) is 21.8. The summed E-state index contributed by atoms with van der Waals surface area (Å²) in [4.78, 5) is 24.7. The number of fused-ring (bicyclic) bond motifs is 3. The molecule has 180 valence electrons. The lowest BCUT2D eigenvalue weighted by atomic mass is 9.42. The van der Waals surface area contributed by atoms with Crippen LogP contribution in [0.5, 0.6) is 0 Å². The van der Waals surface area contributed by atoms with Gasteiger partial charge in [0.1, 0.15) is 11.7 Å². The fourth-order valence-corrected chi connectivity index (χ4v) is 9.25. The fourth-order valence-electron chi connectivity index (χ4n) is 9.25. The zero-order chi connectivity index (χ0) is 23.4. The highest BCUT2D eigenvalue weighted by Gasteiger charge is 2.85. The van der Waals surface area contributed by atoms with E-state index >= 15 is 0 Å². The summed E-state index contributed by atoms with van der Waals surface area (Å²) < 4.78 is 17.0. The van der Waals surface area contributed by atoms with Crippen LogP contribution in [0.15, 0.2) is 27.6 Å². The number of hydrogen-bond acceptors (Lipinski definition) is 7. The molecule has 0 aromatic carbocycles. The molecule has 6 rings (SSSR count). The zero-order valence-electron chi connectivity index (χ0n) is 19.6. The van der Waals surface area contributed by atoms with Crippen LogP contribution in [0.4, 0.5) is 0 Å². The van der Waals surface area contributed by atoms with Gasteiger partial charge in [-0.15, -0.1) is 0 Å². The average Bonchev–Trinajstić information content (AvgIpc) is 3.47. The molecule has 2 N–H and O–H groups in total. The summed E-state index contributed by atoms with van der Waals surface area (Å²) in [7, 11) is 1.42. The molecule has 1 spiro atoms. The normalized spacial score (nSPS) is 52.2. The minimum absolute atomic E-state index is 0.157. The number of rotatable bonds is 2. The first-order valence-corrected chi connectivity index (χ1v) is 12.4. The monoisotopic (exact) mass is 458 g/mol. The van der Waals surface area contributed by atoms with Crippen molar-refractivity contribution in [1.82, 2.24) is 0 Å². The highest BCUT2D eigenvalue weighted by molar-refractivity contribution is 5.77. The first-order valence-electron chi connectivity index (χ1n) is 12.4. The Morgan fingerprint density at radius 1 is 1.09 bits per heavy atom. The average molecular weight is 459 g/mol. The van der Waals surface area contributed by atoms with Crippen molar-refractivity contribution in [2.24, 2.45) is 28.6 Å². The fraction of sp³-hybridized carbons (Fsp3) is 0.769. The van der Waals surface area contributed by atoms with E-state index in [1.807, 2.05) is 0 Å². The molecule has 4 saturated carbocycles. The van der Waals surface area contributed by atoms with Crippen LogP contribution >= 0.6 is 0 Å². The van der Waals surface area contributed by atoms with E-state index in [0.717, 1.165) is 31.2 Å². The number of carbonyl (C=O) groups excluding carboxylic acids is 1. The third-order valence-electron chi connectivity index (χ3n) is 10.8. The lowest BCUT2D eigenvalue weighted by Gasteiger charge is -2.64. The third-order valence-corrected chi connectivity index (χ3v) is 10.8. The Morgan fingerprint density at radius 2 is 1.82 bits per heavy atom. The van der Waals surface area contributed by atoms with Crippen molar-refractivity contribution in [3.05, 3.63) is 34.4 Å². The Bertz CT molecular complexity index is 1030. The van der Waals surface area contributed by atoms with Crippen molar-refractivity contribution in [3.63, 3.8) is 0 Å². The number of aliphatic hydroxyl groups excluding tert-OH is 1. The second kappa shape index (κ2) is 6.70. The second-order valence-electron chi connectivity index (χ2n) is 11.8. The molecule has 1 aromatic rings. The van der Waals surface area contributed by atoms with Crippen LogP contribution < -0.4 is 5.63 Å². The van der Waals surface area contributed by atoms with Gasteiger partial charge in [-0.2, -0.15) is 0 Å². The molecule has 4 aliphatic carbocycles. The van der Waals surface area contributed by atoms with E-state index < -0.39 is 28.8 Å². The Kier molecular flexibility index (Phi) is 4.43. The molecule has 10 unspecified atom stereocenters. The minimum atomic E-state index is -0.858. The molecular weight excluding hydrogens is 424 g/mol. The van der Waals surface area contributed by atoms with Gasteiger partial charge in [0.05, 0.1) is 31.0 Å². The number of carbonyl (C=O) groups is 1. The lowest BCUT2D eigenvalue weighted by Crippen LogP contribution is -2.65. The van der Waals surface area contributed by atoms with Gasteiger partial charge in [-0.25, -0.2) is 4.79 Å². The largest absolute Gasteiger partial charge is 0.469 e. The van der Waals surface area contributed by atoms with Crippen LogP contribution in [-0.4, -0.2) is 46.7 Å². The van der Waals surface area contributed by atoms with Crippen molar-refractivity contribution in [1.29, 1.82) is 0 Å². The lowest BCUT2D eigenvalue weighted by molar-refractivity contribution is -0.223. The first-order chi connectivity index (χ1) is 15.6. The van der Waals surface area contributed by atoms with E-state index in [4.69, 9.17) is 13.9 Å². The zero-order valence-corrected chi connectivity index (χ0v) is 19.6. The predicted molar refractivity (Wildman–Crippen MR) is 117 cm³/mol. The molecule has 5 aliphatic rings. The summed E-state index contributed by atoms with van der Waals surface area (Å²) >= 11 is 0. The van der Waals surface area contributed by atoms with Gasteiger partial charge in [0, 0.05) is 23.8 Å². The summed E-state index contributed by atoms with van der Waals surface area (Å²) in [6, 6.07) is 3.21. The molecule has 1 aromatic heterocycles. The number of hydrogen-bond donors (Lipinski definition) is 2. The molecule has 2 heterocycles. The Morgan fingerprint density at radius 3 is 2.52 bits per heavy atom. The van der Waals surface area contributed by atoms with E-state index in [1.165, 1.54) is 19.4 Å². The van der Waals surface area contributed by atoms with Crippen LogP contribution in [0.3, 0.4) is 0 Å². The van der Waals surface area contributed by atoms with Crippen molar-refractivity contribution < 1.29 is 28.9 Å². The van der Waals surface area contributed by atoms with Gasteiger partial charge in [-0.3, -0.25) is 4.79 Å². The van der Waals surface area contributed by atoms with Gasteiger partial charge >= 0.3 is 11.6 Å². The molecule has 0 amide bonds. The van der Waals surface area contributed by atoms with Gasteiger partial charge in [0.2, 0.25) is 0 Å². The molecule has 0 bridgehead atoms. The molecule has 10 atom stereocenters. The number of aliphatic hydroxyl groups is 2. The summed E-state index contributed by atoms with van der Waals surface area (Å²) in [5, 5.41) is 22.0. The van der Waals surface area contributed by atoms with Gasteiger partial charge in [0.25, 0.3) is 0 Å². The summed E-state index contributed by atoms with van der Waals surface area (Å²) in [5.74, 6) is -0.383. The van der Waals surface area contributed by atoms with Gasteiger partial charge in [0.15, 0.2) is 0 Å². The predicted octanol–water partition coefficient (Wildman–Crippen LogP) is 2.77. The number of methoxy groups -OCH3 is 1. The second-order valence-corrected chi connectivity index (χ2v) is 11.8. The van der Waals surface area contributed by atoms with E-state index in [9.17, 15) is 19.8 Å². The Labute approximate surface area is 193 Å². The highest BCUT2D eigenvalue weighted by Crippen LogP contribution is 2.79. The van der Waals surface area contributed by atoms with Crippen molar-refractivity contribution in [3.8, 4) is 0 Å². The molecule has 33 heavy (non-hydrogen) atoms. The number of epoxide rings is 1. The van der Waals surface area contributed by atoms with Crippen LogP contribution in [0, 0.1) is 28.6 Å². The highest BCUT2D eigenvalue weighted by atomic mass is 16.6. The van der Waals surface area contributed by atoms with E-state index in [2.05, 4.69) is 13.8 Å². The van der Waals surface area contributed by atoms with E-state index in [-0.39, 0.29) is 40.7 Å². The topological polar surface area (TPSA) is 110 Å².